The van der Waals surface area contributed by atoms with Gasteiger partial charge >= 0.3 is 0 Å². The molecule has 0 aliphatic rings. The normalized spacial score (nSPS) is 11.8. The molecule has 0 bridgehead atoms. The summed E-state index contributed by atoms with van der Waals surface area (Å²) in [4.78, 5) is 14.7. The number of benzene rings is 1. The monoisotopic (exact) mass is 326 g/mol. The van der Waals surface area contributed by atoms with Crippen molar-refractivity contribution in [2.45, 2.75) is 59.7 Å². The molecule has 0 saturated heterocycles. The van der Waals surface area contributed by atoms with E-state index in [9.17, 15) is 4.79 Å². The Kier molecular flexibility index (Phi) is 5.87. The predicted molar refractivity (Wildman–Crippen MR) is 99.7 cm³/mol. The molecule has 24 heavy (non-hydrogen) atoms. The van der Waals surface area contributed by atoms with E-state index in [1.807, 2.05) is 11.0 Å². The third-order valence-electron chi connectivity index (χ3n) is 4.13. The SMILES string of the molecule is CC(C)CC(=O)N(Cc1cccn1Cc1ccccc1)C(C)(C)C. The molecule has 0 aliphatic carbocycles. The standard InChI is InChI=1S/C21H30N2O/c1-17(2)14-20(24)23(21(3,4)5)16-19-12-9-13-22(19)15-18-10-7-6-8-11-18/h6-13,17H,14-16H2,1-5H3. The third-order valence-corrected chi connectivity index (χ3v) is 4.13. The van der Waals surface area contributed by atoms with Crippen molar-refractivity contribution in [1.29, 1.82) is 0 Å². The van der Waals surface area contributed by atoms with Crippen LogP contribution >= 0.6 is 0 Å². The first-order valence-corrected chi connectivity index (χ1v) is 8.76. The van der Waals surface area contributed by atoms with E-state index in [0.717, 1.165) is 6.54 Å². The van der Waals surface area contributed by atoms with E-state index in [4.69, 9.17) is 0 Å². The predicted octanol–water partition coefficient (Wildman–Crippen LogP) is 4.71. The van der Waals surface area contributed by atoms with E-state index >= 15 is 0 Å². The van der Waals surface area contributed by atoms with Gasteiger partial charge in [0.2, 0.25) is 5.91 Å². The van der Waals surface area contributed by atoms with Gasteiger partial charge in [-0.25, -0.2) is 0 Å². The second-order valence-electron chi connectivity index (χ2n) is 7.86. The van der Waals surface area contributed by atoms with Crippen molar-refractivity contribution in [3.8, 4) is 0 Å². The largest absolute Gasteiger partial charge is 0.345 e. The molecule has 0 radical (unpaired) electrons. The van der Waals surface area contributed by atoms with Crippen molar-refractivity contribution in [3.05, 3.63) is 59.9 Å². The molecule has 2 aromatic rings. The van der Waals surface area contributed by atoms with Gasteiger partial charge < -0.3 is 9.47 Å². The second kappa shape index (κ2) is 7.69. The van der Waals surface area contributed by atoms with Crippen molar-refractivity contribution in [3.63, 3.8) is 0 Å². The number of aromatic nitrogens is 1. The molecule has 0 unspecified atom stereocenters. The molecule has 0 atom stereocenters. The zero-order valence-electron chi connectivity index (χ0n) is 15.6. The fourth-order valence-corrected chi connectivity index (χ4v) is 2.85. The Morgan fingerprint density at radius 1 is 1.08 bits per heavy atom. The zero-order valence-corrected chi connectivity index (χ0v) is 15.6. The molecule has 2 rings (SSSR count). The number of nitrogens with zero attached hydrogens (tertiary/aromatic N) is 2. The first-order chi connectivity index (χ1) is 11.3. The quantitative estimate of drug-likeness (QED) is 0.754. The van der Waals surface area contributed by atoms with E-state index in [-0.39, 0.29) is 11.4 Å². The number of carbonyl (C=O) groups excluding carboxylic acids is 1. The van der Waals surface area contributed by atoms with Crippen LogP contribution in [0.15, 0.2) is 48.7 Å². The Balaban J connectivity index is 2.18. The molecule has 0 spiro atoms. The molecule has 1 aromatic carbocycles. The van der Waals surface area contributed by atoms with Crippen LogP contribution in [0.5, 0.6) is 0 Å². The van der Waals surface area contributed by atoms with Crippen LogP contribution in [0.1, 0.15) is 52.3 Å². The third kappa shape index (κ3) is 4.98. The average molecular weight is 326 g/mol. The first kappa shape index (κ1) is 18.3. The van der Waals surface area contributed by atoms with Crippen molar-refractivity contribution in [2.75, 3.05) is 0 Å². The summed E-state index contributed by atoms with van der Waals surface area (Å²) in [6.45, 7) is 12.0. The number of hydrogen-bond acceptors (Lipinski definition) is 1. The van der Waals surface area contributed by atoms with Crippen LogP contribution in [0.2, 0.25) is 0 Å². The van der Waals surface area contributed by atoms with Crippen molar-refractivity contribution < 1.29 is 4.79 Å². The smallest absolute Gasteiger partial charge is 0.223 e. The number of carbonyl (C=O) groups is 1. The minimum Gasteiger partial charge on any atom is -0.345 e. The summed E-state index contributed by atoms with van der Waals surface area (Å²) in [5, 5.41) is 0. The van der Waals surface area contributed by atoms with Gasteiger partial charge in [-0.1, -0.05) is 44.2 Å². The van der Waals surface area contributed by atoms with Crippen molar-refractivity contribution >= 4 is 5.91 Å². The van der Waals surface area contributed by atoms with E-state index in [1.54, 1.807) is 0 Å². The topological polar surface area (TPSA) is 25.2 Å². The summed E-state index contributed by atoms with van der Waals surface area (Å²) in [5.41, 5.74) is 2.25. The molecular formula is C21H30N2O. The molecule has 0 aliphatic heterocycles. The average Bonchev–Trinajstić information content (AvgIpc) is 2.91. The Bertz CT molecular complexity index is 650. The molecule has 130 valence electrons. The minimum atomic E-state index is -0.187. The summed E-state index contributed by atoms with van der Waals surface area (Å²) in [6.07, 6.45) is 2.69. The van der Waals surface area contributed by atoms with Crippen LogP contribution in [0.4, 0.5) is 0 Å². The fourth-order valence-electron chi connectivity index (χ4n) is 2.85. The van der Waals surface area contributed by atoms with Crippen LogP contribution in [0, 0.1) is 5.92 Å². The summed E-state index contributed by atoms with van der Waals surface area (Å²) in [7, 11) is 0. The Morgan fingerprint density at radius 2 is 1.75 bits per heavy atom. The minimum absolute atomic E-state index is 0.187. The molecule has 0 fully saturated rings. The summed E-state index contributed by atoms with van der Waals surface area (Å²) in [6, 6.07) is 14.6. The summed E-state index contributed by atoms with van der Waals surface area (Å²) < 4.78 is 2.23. The van der Waals surface area contributed by atoms with Crippen LogP contribution in [0.3, 0.4) is 0 Å². The number of amides is 1. The molecule has 1 aromatic heterocycles. The highest BCUT2D eigenvalue weighted by Gasteiger charge is 2.27. The summed E-state index contributed by atoms with van der Waals surface area (Å²) in [5.74, 6) is 0.600. The molecule has 0 saturated carbocycles. The number of hydrogen-bond donors (Lipinski definition) is 0. The lowest BCUT2D eigenvalue weighted by molar-refractivity contribution is -0.137. The van der Waals surface area contributed by atoms with E-state index in [1.165, 1.54) is 11.3 Å². The van der Waals surface area contributed by atoms with Gasteiger partial charge in [0.25, 0.3) is 0 Å². The second-order valence-corrected chi connectivity index (χ2v) is 7.86. The maximum absolute atomic E-state index is 12.7. The van der Waals surface area contributed by atoms with E-state index in [2.05, 4.69) is 81.8 Å². The Hall–Kier alpha value is -2.03. The molecule has 1 amide bonds. The highest BCUT2D eigenvalue weighted by atomic mass is 16.2. The van der Waals surface area contributed by atoms with Gasteiger partial charge in [0, 0.05) is 30.4 Å². The van der Waals surface area contributed by atoms with E-state index in [0.29, 0.717) is 18.9 Å². The lowest BCUT2D eigenvalue weighted by Crippen LogP contribution is -2.45. The van der Waals surface area contributed by atoms with Gasteiger partial charge in [-0.15, -0.1) is 0 Å². The van der Waals surface area contributed by atoms with Gasteiger partial charge in [-0.2, -0.15) is 0 Å². The van der Waals surface area contributed by atoms with Gasteiger partial charge in [0.15, 0.2) is 0 Å². The van der Waals surface area contributed by atoms with Gasteiger partial charge in [0.1, 0.15) is 0 Å². The number of rotatable bonds is 6. The highest BCUT2D eigenvalue weighted by Crippen LogP contribution is 2.21. The lowest BCUT2D eigenvalue weighted by atomic mass is 10.0. The van der Waals surface area contributed by atoms with Crippen LogP contribution < -0.4 is 0 Å². The van der Waals surface area contributed by atoms with E-state index < -0.39 is 0 Å². The maximum Gasteiger partial charge on any atom is 0.223 e. The van der Waals surface area contributed by atoms with Gasteiger partial charge in [-0.05, 0) is 44.4 Å². The Morgan fingerprint density at radius 3 is 2.33 bits per heavy atom. The maximum atomic E-state index is 12.7. The zero-order chi connectivity index (χ0) is 17.7. The first-order valence-electron chi connectivity index (χ1n) is 8.76. The van der Waals surface area contributed by atoms with Crippen molar-refractivity contribution in [1.82, 2.24) is 9.47 Å². The molecule has 3 heteroatoms. The van der Waals surface area contributed by atoms with Gasteiger partial charge in [-0.3, -0.25) is 4.79 Å². The van der Waals surface area contributed by atoms with Crippen molar-refractivity contribution in [2.24, 2.45) is 5.92 Å². The van der Waals surface area contributed by atoms with Crippen LogP contribution in [-0.2, 0) is 17.9 Å². The van der Waals surface area contributed by atoms with Crippen LogP contribution in [-0.4, -0.2) is 20.9 Å². The molecular weight excluding hydrogens is 296 g/mol. The van der Waals surface area contributed by atoms with Gasteiger partial charge in [0.05, 0.1) is 6.54 Å². The molecule has 1 heterocycles. The molecule has 0 N–H and O–H groups in total. The highest BCUT2D eigenvalue weighted by molar-refractivity contribution is 5.77. The fraction of sp³-hybridized carbons (Fsp3) is 0.476. The summed E-state index contributed by atoms with van der Waals surface area (Å²) >= 11 is 0. The van der Waals surface area contributed by atoms with Crippen LogP contribution in [0.25, 0.3) is 0 Å². The molecule has 3 nitrogen and oxygen atoms in total. The lowest BCUT2D eigenvalue weighted by Gasteiger charge is -2.36. The Labute approximate surface area is 146 Å².